The highest BCUT2D eigenvalue weighted by Crippen LogP contribution is 2.18. The van der Waals surface area contributed by atoms with Gasteiger partial charge in [-0.05, 0) is 36.5 Å². The number of hydrogen-bond acceptors (Lipinski definition) is 3. The molecule has 0 atom stereocenters. The Morgan fingerprint density at radius 1 is 1.35 bits per heavy atom. The van der Waals surface area contributed by atoms with E-state index in [9.17, 15) is 0 Å². The summed E-state index contributed by atoms with van der Waals surface area (Å²) in [7, 11) is 0. The van der Waals surface area contributed by atoms with E-state index in [1.165, 1.54) is 5.56 Å². The van der Waals surface area contributed by atoms with Crippen molar-refractivity contribution in [1.82, 2.24) is 14.6 Å². The Bertz CT molecular complexity index is 508. The van der Waals surface area contributed by atoms with E-state index in [-0.39, 0.29) is 0 Å². The Morgan fingerprint density at radius 2 is 2.12 bits per heavy atom. The second kappa shape index (κ2) is 4.35. The first-order valence-electron chi connectivity index (χ1n) is 6.01. The topological polar surface area (TPSA) is 42.2 Å². The Kier molecular flexibility index (Phi) is 3.05. The molecule has 17 heavy (non-hydrogen) atoms. The predicted octanol–water partition coefficient (Wildman–Crippen LogP) is 2.89. The first-order valence-corrected chi connectivity index (χ1v) is 6.01. The first-order chi connectivity index (χ1) is 7.94. The van der Waals surface area contributed by atoms with Crippen molar-refractivity contribution in [2.24, 2.45) is 5.41 Å². The summed E-state index contributed by atoms with van der Waals surface area (Å²) in [6.07, 6.45) is 3.04. The van der Waals surface area contributed by atoms with Crippen molar-refractivity contribution in [3.63, 3.8) is 0 Å². The van der Waals surface area contributed by atoms with Crippen molar-refractivity contribution in [2.75, 3.05) is 11.9 Å². The third-order valence-electron chi connectivity index (χ3n) is 2.65. The molecule has 4 nitrogen and oxygen atoms in total. The molecule has 0 aliphatic carbocycles. The van der Waals surface area contributed by atoms with Crippen LogP contribution in [0.15, 0.2) is 18.3 Å². The van der Waals surface area contributed by atoms with Crippen molar-refractivity contribution in [2.45, 2.75) is 34.1 Å². The minimum absolute atomic E-state index is 0.336. The molecule has 0 fully saturated rings. The van der Waals surface area contributed by atoms with Crippen LogP contribution in [0.25, 0.3) is 5.65 Å². The number of aromatic nitrogens is 3. The van der Waals surface area contributed by atoms with Crippen LogP contribution in [0.2, 0.25) is 0 Å². The van der Waals surface area contributed by atoms with Crippen LogP contribution in [-0.2, 0) is 0 Å². The maximum Gasteiger partial charge on any atom is 0.243 e. The summed E-state index contributed by atoms with van der Waals surface area (Å²) >= 11 is 0. The fourth-order valence-corrected chi connectivity index (χ4v) is 1.61. The summed E-state index contributed by atoms with van der Waals surface area (Å²) in [4.78, 5) is 4.43. The maximum absolute atomic E-state index is 4.43. The molecule has 0 saturated heterocycles. The van der Waals surface area contributed by atoms with E-state index >= 15 is 0 Å². The highest BCUT2D eigenvalue weighted by molar-refractivity contribution is 5.45. The van der Waals surface area contributed by atoms with Gasteiger partial charge in [-0.15, -0.1) is 5.10 Å². The average Bonchev–Trinajstić information content (AvgIpc) is 2.57. The Morgan fingerprint density at radius 3 is 2.82 bits per heavy atom. The van der Waals surface area contributed by atoms with Gasteiger partial charge in [-0.2, -0.15) is 4.98 Å². The van der Waals surface area contributed by atoms with E-state index in [1.54, 1.807) is 4.52 Å². The van der Waals surface area contributed by atoms with Gasteiger partial charge in [0.05, 0.1) is 0 Å². The van der Waals surface area contributed by atoms with Crippen LogP contribution in [0, 0.1) is 12.3 Å². The molecule has 0 aliphatic rings. The van der Waals surface area contributed by atoms with Crippen LogP contribution in [-0.4, -0.2) is 21.1 Å². The van der Waals surface area contributed by atoms with Crippen molar-refractivity contribution < 1.29 is 0 Å². The number of pyridine rings is 1. The monoisotopic (exact) mass is 232 g/mol. The lowest BCUT2D eigenvalue weighted by molar-refractivity contribution is 0.389. The second-order valence-electron chi connectivity index (χ2n) is 5.68. The quantitative estimate of drug-likeness (QED) is 0.884. The molecule has 4 heteroatoms. The fraction of sp³-hybridized carbons (Fsp3) is 0.538. The smallest absolute Gasteiger partial charge is 0.243 e. The Hall–Kier alpha value is -1.58. The third-order valence-corrected chi connectivity index (χ3v) is 2.65. The van der Waals surface area contributed by atoms with Crippen molar-refractivity contribution in [1.29, 1.82) is 0 Å². The molecule has 2 aromatic rings. The van der Waals surface area contributed by atoms with Gasteiger partial charge in [-0.3, -0.25) is 0 Å². The fourth-order valence-electron chi connectivity index (χ4n) is 1.61. The van der Waals surface area contributed by atoms with Crippen LogP contribution >= 0.6 is 0 Å². The van der Waals surface area contributed by atoms with Gasteiger partial charge in [0.2, 0.25) is 5.95 Å². The van der Waals surface area contributed by atoms with E-state index in [0.29, 0.717) is 11.4 Å². The van der Waals surface area contributed by atoms with Gasteiger partial charge in [-0.25, -0.2) is 4.52 Å². The lowest BCUT2D eigenvalue weighted by Gasteiger charge is -2.17. The molecule has 0 radical (unpaired) electrons. The predicted molar refractivity (Wildman–Crippen MR) is 70.3 cm³/mol. The standard InChI is InChI=1S/C13H20N4/c1-10-5-8-17-11(9-10)15-12(16-17)14-7-6-13(2,3)4/h5,8-9H,6-7H2,1-4H3,(H,14,16). The van der Waals surface area contributed by atoms with E-state index < -0.39 is 0 Å². The molecule has 0 spiro atoms. The van der Waals surface area contributed by atoms with Crippen LogP contribution in [0.1, 0.15) is 32.8 Å². The lowest BCUT2D eigenvalue weighted by Crippen LogP contribution is -2.13. The minimum atomic E-state index is 0.336. The van der Waals surface area contributed by atoms with Crippen LogP contribution in [0.4, 0.5) is 5.95 Å². The Labute approximate surface area is 102 Å². The number of aryl methyl sites for hydroxylation is 1. The number of fused-ring (bicyclic) bond motifs is 1. The van der Waals surface area contributed by atoms with Gasteiger partial charge in [0, 0.05) is 12.7 Å². The molecule has 2 heterocycles. The lowest BCUT2D eigenvalue weighted by atomic mass is 9.92. The van der Waals surface area contributed by atoms with Crippen molar-refractivity contribution >= 4 is 11.6 Å². The van der Waals surface area contributed by atoms with E-state index in [4.69, 9.17) is 0 Å². The van der Waals surface area contributed by atoms with E-state index in [0.717, 1.165) is 18.6 Å². The van der Waals surface area contributed by atoms with Gasteiger partial charge in [-0.1, -0.05) is 20.8 Å². The zero-order valence-electron chi connectivity index (χ0n) is 11.0. The number of nitrogens with zero attached hydrogens (tertiary/aromatic N) is 3. The van der Waals surface area contributed by atoms with Gasteiger partial charge in [0.25, 0.3) is 0 Å². The zero-order chi connectivity index (χ0) is 12.5. The number of anilines is 1. The molecule has 0 unspecified atom stereocenters. The summed E-state index contributed by atoms with van der Waals surface area (Å²) in [5.74, 6) is 0.708. The molecule has 1 N–H and O–H groups in total. The highest BCUT2D eigenvalue weighted by atomic mass is 15.3. The average molecular weight is 232 g/mol. The molecular weight excluding hydrogens is 212 g/mol. The summed E-state index contributed by atoms with van der Waals surface area (Å²) in [5, 5.41) is 7.63. The number of nitrogens with one attached hydrogen (secondary N) is 1. The van der Waals surface area contributed by atoms with E-state index in [2.05, 4.69) is 43.1 Å². The van der Waals surface area contributed by atoms with Gasteiger partial charge < -0.3 is 5.32 Å². The highest BCUT2D eigenvalue weighted by Gasteiger charge is 2.10. The third kappa shape index (κ3) is 3.19. The van der Waals surface area contributed by atoms with Gasteiger partial charge in [0.15, 0.2) is 5.65 Å². The maximum atomic E-state index is 4.43. The molecule has 0 aromatic carbocycles. The number of hydrogen-bond donors (Lipinski definition) is 1. The van der Waals surface area contributed by atoms with Gasteiger partial charge >= 0.3 is 0 Å². The molecule has 0 saturated carbocycles. The van der Waals surface area contributed by atoms with Crippen molar-refractivity contribution in [3.05, 3.63) is 23.9 Å². The Balaban J connectivity index is 2.05. The normalized spacial score (nSPS) is 12.0. The molecular formula is C13H20N4. The summed E-state index contributed by atoms with van der Waals surface area (Å²) in [6.45, 7) is 9.65. The van der Waals surface area contributed by atoms with Crippen LogP contribution < -0.4 is 5.32 Å². The summed E-state index contributed by atoms with van der Waals surface area (Å²) in [5.41, 5.74) is 2.43. The van der Waals surface area contributed by atoms with Crippen molar-refractivity contribution in [3.8, 4) is 0 Å². The first kappa shape index (κ1) is 11.9. The van der Waals surface area contributed by atoms with Gasteiger partial charge in [0.1, 0.15) is 0 Å². The molecule has 2 aromatic heterocycles. The summed E-state index contributed by atoms with van der Waals surface area (Å²) in [6, 6.07) is 4.06. The SMILES string of the molecule is Cc1ccn2nc(NCCC(C)(C)C)nc2c1. The number of rotatable bonds is 3. The zero-order valence-corrected chi connectivity index (χ0v) is 11.0. The minimum Gasteiger partial charge on any atom is -0.353 e. The molecule has 2 rings (SSSR count). The second-order valence-corrected chi connectivity index (χ2v) is 5.68. The molecule has 92 valence electrons. The molecule has 0 aliphatic heterocycles. The van der Waals surface area contributed by atoms with E-state index in [1.807, 2.05) is 18.3 Å². The molecule has 0 bridgehead atoms. The van der Waals surface area contributed by atoms with Crippen LogP contribution in [0.5, 0.6) is 0 Å². The largest absolute Gasteiger partial charge is 0.353 e. The van der Waals surface area contributed by atoms with Crippen LogP contribution in [0.3, 0.4) is 0 Å². The molecule has 0 amide bonds. The summed E-state index contributed by atoms with van der Waals surface area (Å²) < 4.78 is 1.80.